The van der Waals surface area contributed by atoms with E-state index in [0.29, 0.717) is 7.92 Å². The first-order chi connectivity index (χ1) is 3.15. The topological polar surface area (TPSA) is 0 Å². The molecule has 0 aliphatic rings. The number of rotatable bonds is 0. The van der Waals surface area contributed by atoms with Crippen LogP contribution in [0.4, 0.5) is 0 Å². The van der Waals surface area contributed by atoms with Crippen LogP contribution in [0, 0.1) is 6.92 Å². The molecule has 0 aromatic rings. The van der Waals surface area contributed by atoms with Crippen molar-refractivity contribution < 1.29 is 20.4 Å². The van der Waals surface area contributed by atoms with Crippen molar-refractivity contribution >= 4 is 31.9 Å². The molecule has 0 unspecified atom stereocenters. The van der Waals surface area contributed by atoms with Crippen molar-refractivity contribution in [2.75, 3.05) is 20.0 Å². The number of hydrogen-bond acceptors (Lipinski definition) is 0. The fourth-order valence-corrected chi connectivity index (χ4v) is 0. The molecular formula is C6H15IPPd-. The summed E-state index contributed by atoms with van der Waals surface area (Å²) in [7, 11) is 0.380. The third-order valence-corrected chi connectivity index (χ3v) is 0. The van der Waals surface area contributed by atoms with Crippen molar-refractivity contribution in [2.24, 2.45) is 0 Å². The van der Waals surface area contributed by atoms with E-state index in [2.05, 4.69) is 33.5 Å². The van der Waals surface area contributed by atoms with Gasteiger partial charge < -0.3 is 0 Å². The molecule has 0 saturated carbocycles. The van der Waals surface area contributed by atoms with Gasteiger partial charge in [0.05, 0.1) is 0 Å². The molecule has 0 bridgehead atoms. The number of allylic oxidation sites excluding steroid dienone is 1. The molecule has 0 spiro atoms. The molecular weight excluding hydrogens is 336 g/mol. The quantitative estimate of drug-likeness (QED) is 0.272. The van der Waals surface area contributed by atoms with E-state index >= 15 is 0 Å². The van der Waals surface area contributed by atoms with E-state index < -0.39 is 0 Å². The van der Waals surface area contributed by atoms with E-state index in [0.717, 1.165) is 0 Å². The van der Waals surface area contributed by atoms with Gasteiger partial charge in [0.15, 0.2) is 0 Å². The minimum atomic E-state index is 0. The molecule has 0 N–H and O–H groups in total. The molecule has 0 aromatic carbocycles. The third kappa shape index (κ3) is 254. The summed E-state index contributed by atoms with van der Waals surface area (Å²) < 4.78 is 0. The standard InChI is InChI=1S/C3H9P.C3H5.HI.Pd/c1-4(2)3;1-3-2;;/h1-3H3;3H,1-2H2;1H;/q;-1;;. The van der Waals surface area contributed by atoms with Gasteiger partial charge in [0.1, 0.15) is 0 Å². The third-order valence-electron chi connectivity index (χ3n) is 0. The summed E-state index contributed by atoms with van der Waals surface area (Å²) in [4.78, 5) is 0. The fourth-order valence-electron chi connectivity index (χ4n) is 0. The van der Waals surface area contributed by atoms with Gasteiger partial charge in [-0.25, -0.2) is 19.6 Å². The molecule has 9 heavy (non-hydrogen) atoms. The zero-order valence-electron chi connectivity index (χ0n) is 6.16. The van der Waals surface area contributed by atoms with Crippen LogP contribution in [-0.2, 0) is 20.4 Å². The van der Waals surface area contributed by atoms with Crippen LogP contribution < -0.4 is 0 Å². The van der Waals surface area contributed by atoms with Crippen LogP contribution in [0.5, 0.6) is 0 Å². The Morgan fingerprint density at radius 1 is 1.33 bits per heavy atom. The molecule has 0 nitrogen and oxygen atoms in total. The summed E-state index contributed by atoms with van der Waals surface area (Å²) in [6.07, 6.45) is 1.50. The van der Waals surface area contributed by atoms with Crippen molar-refractivity contribution in [1.29, 1.82) is 0 Å². The molecule has 0 aromatic heterocycles. The van der Waals surface area contributed by atoms with Gasteiger partial charge in [0, 0.05) is 20.4 Å². The molecule has 3 heteroatoms. The van der Waals surface area contributed by atoms with Gasteiger partial charge >= 0.3 is 0 Å². The van der Waals surface area contributed by atoms with E-state index in [-0.39, 0.29) is 44.4 Å². The zero-order valence-corrected chi connectivity index (χ0v) is 10.9. The summed E-state index contributed by atoms with van der Waals surface area (Å²) in [5, 5.41) is 0. The Morgan fingerprint density at radius 3 is 1.33 bits per heavy atom. The van der Waals surface area contributed by atoms with E-state index in [4.69, 9.17) is 0 Å². The molecule has 0 aliphatic heterocycles. The van der Waals surface area contributed by atoms with Crippen molar-refractivity contribution in [3.05, 3.63) is 19.6 Å². The van der Waals surface area contributed by atoms with Crippen LogP contribution in [0.25, 0.3) is 0 Å². The Labute approximate surface area is 91.3 Å². The Balaban J connectivity index is -0.0000000233. The van der Waals surface area contributed by atoms with Crippen LogP contribution >= 0.6 is 31.9 Å². The summed E-state index contributed by atoms with van der Waals surface area (Å²) in [5.41, 5.74) is 0. The maximum atomic E-state index is 3.25. The smallest absolute Gasteiger partial charge is 0 e. The normalized spacial score (nSPS) is 5.33. The first-order valence-electron chi connectivity index (χ1n) is 2.16. The zero-order chi connectivity index (χ0) is 6.28. The van der Waals surface area contributed by atoms with Gasteiger partial charge in [-0.1, -0.05) is 0 Å². The number of halogens is 1. The maximum Gasteiger partial charge on any atom is 0 e. The Hall–Kier alpha value is 1.43. The minimum Gasteiger partial charge on any atom is -0.245 e. The number of hydrogen-bond donors (Lipinski definition) is 0. The summed E-state index contributed by atoms with van der Waals surface area (Å²) in [6, 6.07) is 0. The van der Waals surface area contributed by atoms with Crippen molar-refractivity contribution in [2.45, 2.75) is 0 Å². The molecule has 0 radical (unpaired) electrons. The Bertz CT molecular complexity index is 37.3. The molecule has 0 fully saturated rings. The van der Waals surface area contributed by atoms with E-state index in [9.17, 15) is 0 Å². The summed E-state index contributed by atoms with van der Waals surface area (Å²) in [6.45, 7) is 13.2. The average molecular weight is 351 g/mol. The Kier molecular flexibility index (Phi) is 56.6. The van der Waals surface area contributed by atoms with Crippen LogP contribution in [0.2, 0.25) is 0 Å². The molecule has 0 heterocycles. The first kappa shape index (κ1) is 22.4. The molecule has 0 amide bonds. The minimum absolute atomic E-state index is 0. The van der Waals surface area contributed by atoms with Gasteiger partial charge in [-0.3, -0.25) is 0 Å². The second kappa shape index (κ2) is 22.7. The Morgan fingerprint density at radius 2 is 1.33 bits per heavy atom. The van der Waals surface area contributed by atoms with Gasteiger partial charge in [-0.15, -0.1) is 31.9 Å². The van der Waals surface area contributed by atoms with Crippen molar-refractivity contribution in [3.63, 3.8) is 0 Å². The molecule has 62 valence electrons. The second-order valence-corrected chi connectivity index (χ2v) is 4.31. The van der Waals surface area contributed by atoms with Crippen LogP contribution in [0.15, 0.2) is 12.7 Å². The van der Waals surface area contributed by atoms with Gasteiger partial charge in [-0.2, -0.15) is 0 Å². The van der Waals surface area contributed by atoms with Crippen molar-refractivity contribution in [3.8, 4) is 0 Å². The average Bonchev–Trinajstić information content (AvgIpc) is 1.33. The van der Waals surface area contributed by atoms with Gasteiger partial charge in [0.2, 0.25) is 0 Å². The van der Waals surface area contributed by atoms with E-state index in [1.54, 1.807) is 0 Å². The van der Waals surface area contributed by atoms with E-state index in [1.165, 1.54) is 6.08 Å². The predicted molar refractivity (Wildman–Crippen MR) is 55.7 cm³/mol. The molecule has 0 saturated heterocycles. The van der Waals surface area contributed by atoms with Gasteiger partial charge in [0.25, 0.3) is 0 Å². The molecule has 0 rings (SSSR count). The molecule has 0 aliphatic carbocycles. The van der Waals surface area contributed by atoms with Crippen LogP contribution in [0.1, 0.15) is 0 Å². The van der Waals surface area contributed by atoms with Crippen molar-refractivity contribution in [1.82, 2.24) is 0 Å². The summed E-state index contributed by atoms with van der Waals surface area (Å²) >= 11 is 0. The molecule has 0 atom stereocenters. The maximum absolute atomic E-state index is 3.25. The predicted octanol–water partition coefficient (Wildman–Crippen LogP) is 2.98. The largest absolute Gasteiger partial charge is 0.245 e. The van der Waals surface area contributed by atoms with Crippen LogP contribution in [0.3, 0.4) is 0 Å². The SMILES string of the molecule is C=C[CH2-].CP(C)C.I.[Pd]. The monoisotopic (exact) mass is 351 g/mol. The summed E-state index contributed by atoms with van der Waals surface area (Å²) in [5.74, 6) is 0. The van der Waals surface area contributed by atoms with Gasteiger partial charge in [-0.05, 0) is 20.0 Å². The van der Waals surface area contributed by atoms with E-state index in [1.807, 2.05) is 0 Å². The fraction of sp³-hybridized carbons (Fsp3) is 0.500. The first-order valence-corrected chi connectivity index (χ1v) is 4.84. The second-order valence-electron chi connectivity index (χ2n) is 1.63. The van der Waals surface area contributed by atoms with Crippen LogP contribution in [-0.4, -0.2) is 20.0 Å².